The van der Waals surface area contributed by atoms with Crippen molar-refractivity contribution >= 4 is 39.0 Å². The number of morpholine rings is 1. The molecular weight excluding hydrogens is 535 g/mol. The van der Waals surface area contributed by atoms with Crippen LogP contribution in [0.4, 0.5) is 42.1 Å². The second-order valence-corrected chi connectivity index (χ2v) is 11.2. The summed E-state index contributed by atoms with van der Waals surface area (Å²) in [6.07, 6.45) is -0.388. The second kappa shape index (κ2) is 10.8. The number of nitrogens with one attached hydrogen (secondary N) is 2. The Morgan fingerprint density at radius 1 is 1.05 bits per heavy atom. The molecule has 4 bridgehead atoms. The van der Waals surface area contributed by atoms with Crippen LogP contribution in [-0.2, 0) is 33.9 Å². The molecule has 4 heterocycles. The molecule has 2 aromatic heterocycles. The second-order valence-electron chi connectivity index (χ2n) is 9.30. The third-order valence-electron chi connectivity index (χ3n) is 6.54. The quantitative estimate of drug-likeness (QED) is 0.481. The maximum Gasteiger partial charge on any atom is 0.421 e. The minimum absolute atomic E-state index is 0.00498. The predicted molar refractivity (Wildman–Crippen MR) is 142 cm³/mol. The Balaban J connectivity index is 1.61. The van der Waals surface area contributed by atoms with Crippen molar-refractivity contribution in [3.8, 4) is 0 Å². The van der Waals surface area contributed by atoms with Gasteiger partial charge >= 0.3 is 6.18 Å². The van der Waals surface area contributed by atoms with Gasteiger partial charge in [0.25, 0.3) is 0 Å². The Hall–Kier alpha value is -3.65. The molecule has 208 valence electrons. The van der Waals surface area contributed by atoms with E-state index in [-0.39, 0.29) is 24.9 Å². The average Bonchev–Trinajstić information content (AvgIpc) is 2.89. The van der Waals surface area contributed by atoms with E-state index in [2.05, 4.69) is 30.5 Å². The molecule has 3 aromatic rings. The largest absolute Gasteiger partial charge is 0.421 e. The van der Waals surface area contributed by atoms with Crippen molar-refractivity contribution < 1.29 is 26.3 Å². The summed E-state index contributed by atoms with van der Waals surface area (Å²) >= 11 is 0. The van der Waals surface area contributed by atoms with Crippen LogP contribution in [0.1, 0.15) is 23.1 Å². The van der Waals surface area contributed by atoms with Gasteiger partial charge in [0.2, 0.25) is 16.0 Å². The van der Waals surface area contributed by atoms with E-state index in [0.29, 0.717) is 50.4 Å². The molecule has 0 atom stereocenters. The highest BCUT2D eigenvalue weighted by Crippen LogP contribution is 2.35. The lowest BCUT2D eigenvalue weighted by Gasteiger charge is -2.31. The van der Waals surface area contributed by atoms with Crippen molar-refractivity contribution in [2.75, 3.05) is 58.9 Å². The first-order chi connectivity index (χ1) is 18.6. The van der Waals surface area contributed by atoms with Crippen LogP contribution in [0.3, 0.4) is 0 Å². The van der Waals surface area contributed by atoms with E-state index in [9.17, 15) is 21.6 Å². The van der Waals surface area contributed by atoms with Gasteiger partial charge in [0.1, 0.15) is 17.2 Å². The molecule has 0 amide bonds. The lowest BCUT2D eigenvalue weighted by atomic mass is 10.0. The van der Waals surface area contributed by atoms with Crippen LogP contribution in [0, 0.1) is 0 Å². The Morgan fingerprint density at radius 2 is 1.85 bits per heavy atom. The van der Waals surface area contributed by atoms with Crippen molar-refractivity contribution in [2.24, 2.45) is 0 Å². The van der Waals surface area contributed by atoms with Gasteiger partial charge in [-0.2, -0.15) is 18.2 Å². The maximum absolute atomic E-state index is 13.8. The molecule has 0 radical (unpaired) electrons. The number of alkyl halides is 3. The smallest absolute Gasteiger partial charge is 0.378 e. The SMILES string of the molecule is CS(=O)(=O)N1CCCc2cc(ccc2N2CCOCC2)Nc2ncc(C(F)(F)F)c(n2)NCc2cccnc21. The molecule has 0 spiro atoms. The number of hydrogen-bond donors (Lipinski definition) is 2. The number of sulfonamides is 1. The summed E-state index contributed by atoms with van der Waals surface area (Å²) in [7, 11) is -3.74. The summed E-state index contributed by atoms with van der Waals surface area (Å²) in [4.78, 5) is 14.5. The highest BCUT2D eigenvalue weighted by Gasteiger charge is 2.35. The molecule has 2 N–H and O–H groups in total. The maximum atomic E-state index is 13.8. The number of ether oxygens (including phenoxy) is 1. The number of nitrogens with zero attached hydrogens (tertiary/aromatic N) is 5. The van der Waals surface area contributed by atoms with Gasteiger partial charge in [0.05, 0.1) is 19.5 Å². The van der Waals surface area contributed by atoms with Gasteiger partial charge < -0.3 is 20.3 Å². The number of pyridine rings is 1. The topological polar surface area (TPSA) is 113 Å². The first kappa shape index (κ1) is 26.9. The molecule has 1 fully saturated rings. The minimum atomic E-state index is -4.70. The molecule has 14 heteroatoms. The molecule has 39 heavy (non-hydrogen) atoms. The summed E-state index contributed by atoms with van der Waals surface area (Å²) < 4.78 is 73.7. The molecule has 1 saturated heterocycles. The van der Waals surface area contributed by atoms with E-state index >= 15 is 0 Å². The van der Waals surface area contributed by atoms with E-state index in [0.717, 1.165) is 23.7 Å². The monoisotopic (exact) mass is 563 g/mol. The van der Waals surface area contributed by atoms with E-state index in [1.54, 1.807) is 12.1 Å². The summed E-state index contributed by atoms with van der Waals surface area (Å²) in [5.74, 6) is -0.277. The number of benzene rings is 1. The number of aryl methyl sites for hydroxylation is 1. The fourth-order valence-corrected chi connectivity index (χ4v) is 5.64. The van der Waals surface area contributed by atoms with Crippen molar-refractivity contribution in [2.45, 2.75) is 25.6 Å². The van der Waals surface area contributed by atoms with Crippen LogP contribution in [0.15, 0.2) is 42.7 Å². The standard InChI is InChI=1S/C25H28F3N7O3S/c1-39(36,37)35-9-3-5-17-14-19(6-7-21(17)34-10-12-38-13-11-34)32-24-31-16-20(25(26,27)28)22(33-24)30-15-18-4-2-8-29-23(18)35/h2,4,6-8,14,16H,3,5,9-13,15H2,1H3,(H2,30,31,32,33). The highest BCUT2D eigenvalue weighted by molar-refractivity contribution is 7.92. The van der Waals surface area contributed by atoms with Gasteiger partial charge in [-0.3, -0.25) is 4.31 Å². The van der Waals surface area contributed by atoms with Gasteiger partial charge in [0, 0.05) is 55.5 Å². The summed E-state index contributed by atoms with van der Waals surface area (Å²) in [5, 5.41) is 5.75. The molecule has 5 rings (SSSR count). The zero-order valence-corrected chi connectivity index (χ0v) is 22.0. The third-order valence-corrected chi connectivity index (χ3v) is 7.70. The van der Waals surface area contributed by atoms with Gasteiger partial charge in [-0.1, -0.05) is 6.07 Å². The van der Waals surface area contributed by atoms with Crippen molar-refractivity contribution in [1.82, 2.24) is 15.0 Å². The summed E-state index contributed by atoms with van der Waals surface area (Å²) in [6, 6.07) is 8.89. The van der Waals surface area contributed by atoms with Crippen LogP contribution in [0.25, 0.3) is 0 Å². The molecule has 1 aromatic carbocycles. The Kier molecular flexibility index (Phi) is 7.49. The minimum Gasteiger partial charge on any atom is -0.378 e. The number of aromatic nitrogens is 3. The fourth-order valence-electron chi connectivity index (χ4n) is 4.70. The Labute approximate surface area is 224 Å². The van der Waals surface area contributed by atoms with Crippen LogP contribution in [-0.4, -0.2) is 62.5 Å². The van der Waals surface area contributed by atoms with E-state index in [4.69, 9.17) is 4.74 Å². The third kappa shape index (κ3) is 6.17. The molecule has 0 unspecified atom stereocenters. The van der Waals surface area contributed by atoms with Crippen molar-refractivity contribution in [3.05, 3.63) is 59.4 Å². The number of fused-ring (bicyclic) bond motifs is 5. The zero-order chi connectivity index (χ0) is 27.6. The normalized spacial score (nSPS) is 16.8. The average molecular weight is 564 g/mol. The lowest BCUT2D eigenvalue weighted by Crippen LogP contribution is -2.37. The molecular formula is C25H28F3N7O3S. The summed E-state index contributed by atoms with van der Waals surface area (Å²) in [6.45, 7) is 2.62. The van der Waals surface area contributed by atoms with E-state index < -0.39 is 27.6 Å². The van der Waals surface area contributed by atoms with Crippen LogP contribution in [0.2, 0.25) is 0 Å². The predicted octanol–water partition coefficient (Wildman–Crippen LogP) is 3.79. The fraction of sp³-hybridized carbons (Fsp3) is 0.400. The van der Waals surface area contributed by atoms with E-state index in [1.807, 2.05) is 18.2 Å². The van der Waals surface area contributed by atoms with E-state index in [1.165, 1.54) is 10.5 Å². The van der Waals surface area contributed by atoms with Crippen LogP contribution < -0.4 is 19.8 Å². The Morgan fingerprint density at radius 3 is 2.59 bits per heavy atom. The number of anilines is 5. The highest BCUT2D eigenvalue weighted by atomic mass is 32.2. The first-order valence-corrected chi connectivity index (χ1v) is 14.3. The van der Waals surface area contributed by atoms with Gasteiger partial charge in [-0.25, -0.2) is 18.4 Å². The van der Waals surface area contributed by atoms with Crippen molar-refractivity contribution in [1.29, 1.82) is 0 Å². The van der Waals surface area contributed by atoms with Crippen molar-refractivity contribution in [3.63, 3.8) is 0 Å². The molecule has 0 aliphatic carbocycles. The van der Waals surface area contributed by atoms with Crippen LogP contribution in [0.5, 0.6) is 0 Å². The zero-order valence-electron chi connectivity index (χ0n) is 21.2. The van der Waals surface area contributed by atoms with Crippen LogP contribution >= 0.6 is 0 Å². The van der Waals surface area contributed by atoms with Gasteiger partial charge in [0.15, 0.2) is 0 Å². The summed E-state index contributed by atoms with van der Waals surface area (Å²) in [5.41, 5.74) is 1.93. The number of halogens is 3. The number of rotatable bonds is 2. The van der Waals surface area contributed by atoms with Gasteiger partial charge in [-0.05, 0) is 42.7 Å². The molecule has 2 aliphatic rings. The lowest BCUT2D eigenvalue weighted by molar-refractivity contribution is -0.137. The number of hydrogen-bond acceptors (Lipinski definition) is 9. The Bertz CT molecular complexity index is 1450. The molecule has 10 nitrogen and oxygen atoms in total. The first-order valence-electron chi connectivity index (χ1n) is 12.4. The van der Waals surface area contributed by atoms with Gasteiger partial charge in [-0.15, -0.1) is 0 Å². The molecule has 2 aliphatic heterocycles. The molecule has 0 saturated carbocycles.